The van der Waals surface area contributed by atoms with Gasteiger partial charge in [-0.15, -0.1) is 0 Å². The standard InChI is InChI=1S/C17H18ClN3O3/c1-23-11-15(22)21-7-8-24-14(10-21)17-16(19-5-6-20-17)12-3-2-4-13(18)9-12/h2-6,9,14H,7-8,10-11H2,1H3/t14-/m0/s1. The molecule has 1 aliphatic rings. The fourth-order valence-corrected chi connectivity index (χ4v) is 2.89. The maximum atomic E-state index is 12.1. The highest BCUT2D eigenvalue weighted by atomic mass is 35.5. The van der Waals surface area contributed by atoms with Crippen molar-refractivity contribution in [2.75, 3.05) is 33.4 Å². The van der Waals surface area contributed by atoms with Crippen LogP contribution in [0, 0.1) is 0 Å². The number of morpholine rings is 1. The summed E-state index contributed by atoms with van der Waals surface area (Å²) in [6.45, 7) is 1.49. The molecule has 0 saturated carbocycles. The number of hydrogen-bond donors (Lipinski definition) is 0. The SMILES string of the molecule is COCC(=O)N1CCO[C@H](c2nccnc2-c2cccc(Cl)c2)C1. The van der Waals surface area contributed by atoms with Crippen molar-refractivity contribution in [2.45, 2.75) is 6.10 Å². The van der Waals surface area contributed by atoms with Gasteiger partial charge in [-0.3, -0.25) is 14.8 Å². The Hall–Kier alpha value is -2.02. The summed E-state index contributed by atoms with van der Waals surface area (Å²) in [6.07, 6.45) is 2.93. The van der Waals surface area contributed by atoms with Crippen LogP contribution in [-0.2, 0) is 14.3 Å². The minimum absolute atomic E-state index is 0.0565. The van der Waals surface area contributed by atoms with Crippen molar-refractivity contribution in [3.8, 4) is 11.3 Å². The number of carbonyl (C=O) groups excluding carboxylic acids is 1. The average Bonchev–Trinajstić information content (AvgIpc) is 2.62. The predicted octanol–water partition coefficient (Wildman–Crippen LogP) is 2.34. The molecule has 6 nitrogen and oxygen atoms in total. The molecule has 0 bridgehead atoms. The van der Waals surface area contributed by atoms with Gasteiger partial charge in [0.2, 0.25) is 5.91 Å². The van der Waals surface area contributed by atoms with Gasteiger partial charge in [0.05, 0.1) is 24.5 Å². The topological polar surface area (TPSA) is 64.5 Å². The van der Waals surface area contributed by atoms with Gasteiger partial charge in [-0.05, 0) is 12.1 Å². The van der Waals surface area contributed by atoms with Crippen LogP contribution < -0.4 is 0 Å². The minimum atomic E-state index is -0.331. The molecular formula is C17H18ClN3O3. The van der Waals surface area contributed by atoms with Gasteiger partial charge >= 0.3 is 0 Å². The summed E-state index contributed by atoms with van der Waals surface area (Å²) >= 11 is 6.09. The first-order valence-electron chi connectivity index (χ1n) is 7.64. The number of hydrogen-bond acceptors (Lipinski definition) is 5. The lowest BCUT2D eigenvalue weighted by Crippen LogP contribution is -2.44. The van der Waals surface area contributed by atoms with Gasteiger partial charge in [0, 0.05) is 36.6 Å². The fourth-order valence-electron chi connectivity index (χ4n) is 2.70. The lowest BCUT2D eigenvalue weighted by Gasteiger charge is -2.33. The van der Waals surface area contributed by atoms with Gasteiger partial charge < -0.3 is 14.4 Å². The zero-order valence-corrected chi connectivity index (χ0v) is 14.1. The van der Waals surface area contributed by atoms with E-state index < -0.39 is 0 Å². The zero-order valence-electron chi connectivity index (χ0n) is 13.3. The summed E-state index contributed by atoms with van der Waals surface area (Å²) in [7, 11) is 1.51. The molecule has 1 amide bonds. The Bertz CT molecular complexity index is 726. The Morgan fingerprint density at radius 3 is 3.04 bits per heavy atom. The van der Waals surface area contributed by atoms with E-state index in [0.717, 1.165) is 5.56 Å². The quantitative estimate of drug-likeness (QED) is 0.849. The van der Waals surface area contributed by atoms with Crippen LogP contribution in [0.25, 0.3) is 11.3 Å². The van der Waals surface area contributed by atoms with E-state index in [1.54, 1.807) is 17.3 Å². The van der Waals surface area contributed by atoms with E-state index >= 15 is 0 Å². The molecule has 24 heavy (non-hydrogen) atoms. The Morgan fingerprint density at radius 2 is 2.25 bits per heavy atom. The molecule has 2 aromatic rings. The van der Waals surface area contributed by atoms with Gasteiger partial charge in [-0.25, -0.2) is 0 Å². The van der Waals surface area contributed by atoms with Gasteiger partial charge in [-0.1, -0.05) is 23.7 Å². The van der Waals surface area contributed by atoms with Crippen LogP contribution in [0.5, 0.6) is 0 Å². The minimum Gasteiger partial charge on any atom is -0.375 e. The first kappa shape index (κ1) is 16.8. The second-order valence-corrected chi connectivity index (χ2v) is 5.87. The molecule has 126 valence electrons. The van der Waals surface area contributed by atoms with Crippen LogP contribution >= 0.6 is 11.6 Å². The Balaban J connectivity index is 1.88. The summed E-state index contributed by atoms with van der Waals surface area (Å²) in [6, 6.07) is 7.44. The fraction of sp³-hybridized carbons (Fsp3) is 0.353. The number of aromatic nitrogens is 2. The highest BCUT2D eigenvalue weighted by molar-refractivity contribution is 6.30. The predicted molar refractivity (Wildman–Crippen MR) is 89.6 cm³/mol. The molecule has 1 saturated heterocycles. The average molecular weight is 348 g/mol. The normalized spacial score (nSPS) is 17.8. The largest absolute Gasteiger partial charge is 0.375 e. The first-order valence-corrected chi connectivity index (χ1v) is 8.02. The van der Waals surface area contributed by atoms with Crippen molar-refractivity contribution in [3.05, 3.63) is 47.4 Å². The summed E-state index contributed by atoms with van der Waals surface area (Å²) in [5, 5.41) is 0.630. The second kappa shape index (κ2) is 7.70. The number of rotatable bonds is 4. The number of carbonyl (C=O) groups is 1. The second-order valence-electron chi connectivity index (χ2n) is 5.43. The molecule has 0 N–H and O–H groups in total. The summed E-state index contributed by atoms with van der Waals surface area (Å²) in [5.41, 5.74) is 2.29. The van der Waals surface area contributed by atoms with Gasteiger partial charge in [-0.2, -0.15) is 0 Å². The van der Waals surface area contributed by atoms with E-state index in [9.17, 15) is 4.79 Å². The van der Waals surface area contributed by atoms with Gasteiger partial charge in [0.1, 0.15) is 12.7 Å². The van der Waals surface area contributed by atoms with Gasteiger partial charge in [0.15, 0.2) is 0 Å². The van der Waals surface area contributed by atoms with Crippen molar-refractivity contribution < 1.29 is 14.3 Å². The summed E-state index contributed by atoms with van der Waals surface area (Å²) < 4.78 is 10.8. The molecule has 1 atom stereocenters. The number of methoxy groups -OCH3 is 1. The Morgan fingerprint density at radius 1 is 1.42 bits per heavy atom. The molecule has 7 heteroatoms. The van der Waals surface area contributed by atoms with Crippen LogP contribution in [0.15, 0.2) is 36.7 Å². The molecule has 1 aromatic heterocycles. The maximum Gasteiger partial charge on any atom is 0.248 e. The maximum absolute atomic E-state index is 12.1. The molecule has 1 fully saturated rings. The van der Waals surface area contributed by atoms with Crippen LogP contribution in [0.4, 0.5) is 0 Å². The van der Waals surface area contributed by atoms with Crippen LogP contribution in [0.2, 0.25) is 5.02 Å². The summed E-state index contributed by atoms with van der Waals surface area (Å²) in [4.78, 5) is 22.7. The Kier molecular flexibility index (Phi) is 5.40. The number of ether oxygens (including phenoxy) is 2. The van der Waals surface area contributed by atoms with Crippen LogP contribution in [0.1, 0.15) is 11.8 Å². The van der Waals surface area contributed by atoms with Crippen molar-refractivity contribution in [1.82, 2.24) is 14.9 Å². The molecular weight excluding hydrogens is 330 g/mol. The molecule has 3 rings (SSSR count). The van der Waals surface area contributed by atoms with Crippen molar-refractivity contribution in [3.63, 3.8) is 0 Å². The zero-order chi connectivity index (χ0) is 16.9. The monoisotopic (exact) mass is 347 g/mol. The lowest BCUT2D eigenvalue weighted by molar-refractivity contribution is -0.143. The highest BCUT2D eigenvalue weighted by Gasteiger charge is 2.28. The van der Waals surface area contributed by atoms with E-state index in [4.69, 9.17) is 21.1 Å². The third kappa shape index (κ3) is 3.72. The van der Waals surface area contributed by atoms with Gasteiger partial charge in [0.25, 0.3) is 0 Å². The molecule has 1 aliphatic heterocycles. The van der Waals surface area contributed by atoms with E-state index in [1.165, 1.54) is 7.11 Å². The first-order chi connectivity index (χ1) is 11.7. The number of nitrogens with zero attached hydrogens (tertiary/aromatic N) is 3. The molecule has 0 spiro atoms. The molecule has 1 aromatic carbocycles. The van der Waals surface area contributed by atoms with Crippen molar-refractivity contribution in [1.29, 1.82) is 0 Å². The van der Waals surface area contributed by atoms with E-state index in [2.05, 4.69) is 9.97 Å². The van der Waals surface area contributed by atoms with Crippen LogP contribution in [-0.4, -0.2) is 54.2 Å². The van der Waals surface area contributed by atoms with Crippen molar-refractivity contribution >= 4 is 17.5 Å². The third-order valence-electron chi connectivity index (χ3n) is 3.82. The Labute approximate surface area is 145 Å². The molecule has 0 aliphatic carbocycles. The molecule has 2 heterocycles. The number of halogens is 1. The smallest absolute Gasteiger partial charge is 0.248 e. The van der Waals surface area contributed by atoms with Crippen LogP contribution in [0.3, 0.4) is 0 Å². The van der Waals surface area contributed by atoms with Crippen molar-refractivity contribution in [2.24, 2.45) is 0 Å². The summed E-state index contributed by atoms with van der Waals surface area (Å²) in [5.74, 6) is -0.0565. The number of amides is 1. The van der Waals surface area contributed by atoms with E-state index in [0.29, 0.717) is 36.1 Å². The molecule has 0 radical (unpaired) electrons. The molecule has 0 unspecified atom stereocenters. The number of benzene rings is 1. The lowest BCUT2D eigenvalue weighted by atomic mass is 10.1. The third-order valence-corrected chi connectivity index (χ3v) is 4.05. The van der Waals surface area contributed by atoms with E-state index in [-0.39, 0.29) is 18.6 Å². The van der Waals surface area contributed by atoms with E-state index in [1.807, 2.05) is 24.3 Å². The highest BCUT2D eigenvalue weighted by Crippen LogP contribution is 2.30.